The smallest absolute Gasteiger partial charge is 0.0641 e. The van der Waals surface area contributed by atoms with Crippen LogP contribution in [0.4, 0.5) is 0 Å². The fourth-order valence-electron chi connectivity index (χ4n) is 1.11. The van der Waals surface area contributed by atoms with Gasteiger partial charge in [-0.05, 0) is 24.3 Å². The van der Waals surface area contributed by atoms with E-state index in [1.165, 1.54) is 12.0 Å². The molecule has 1 rings (SSSR count). The fourth-order valence-corrected chi connectivity index (χ4v) is 1.11. The van der Waals surface area contributed by atoms with Crippen molar-refractivity contribution in [1.29, 1.82) is 0 Å². The van der Waals surface area contributed by atoms with Crippen LogP contribution >= 0.6 is 0 Å². The van der Waals surface area contributed by atoms with Crippen LogP contribution < -0.4 is 0 Å². The van der Waals surface area contributed by atoms with E-state index in [2.05, 4.69) is 13.0 Å². The summed E-state index contributed by atoms with van der Waals surface area (Å²) in [5, 5.41) is 8.62. The van der Waals surface area contributed by atoms with Gasteiger partial charge in [-0.3, -0.25) is 0 Å². The highest BCUT2D eigenvalue weighted by molar-refractivity contribution is 5.09. The normalized spacial score (nSPS) is 28.2. The minimum Gasteiger partial charge on any atom is -0.392 e. The largest absolute Gasteiger partial charge is 0.392 e. The minimum absolute atomic E-state index is 0.268. The lowest BCUT2D eigenvalue weighted by atomic mass is 10.2. The summed E-state index contributed by atoms with van der Waals surface area (Å²) < 4.78 is 0. The Morgan fingerprint density at radius 1 is 1.88 bits per heavy atom. The first-order valence-corrected chi connectivity index (χ1v) is 3.13. The van der Waals surface area contributed by atoms with Gasteiger partial charge in [-0.2, -0.15) is 0 Å². The maximum atomic E-state index is 8.62. The van der Waals surface area contributed by atoms with E-state index < -0.39 is 0 Å². The van der Waals surface area contributed by atoms with Crippen LogP contribution in [-0.4, -0.2) is 11.7 Å². The summed E-state index contributed by atoms with van der Waals surface area (Å²) in [5.74, 6) is 0.706. The highest BCUT2D eigenvalue weighted by Gasteiger charge is 2.08. The highest BCUT2D eigenvalue weighted by Crippen LogP contribution is 2.22. The summed E-state index contributed by atoms with van der Waals surface area (Å²) in [5.41, 5.74) is 1.22. The van der Waals surface area contributed by atoms with Gasteiger partial charge in [0.05, 0.1) is 6.61 Å². The molecule has 1 nitrogen and oxygen atoms in total. The van der Waals surface area contributed by atoms with Gasteiger partial charge in [0.2, 0.25) is 0 Å². The summed E-state index contributed by atoms with van der Waals surface area (Å²) in [6.07, 6.45) is 4.51. The molecule has 0 fully saturated rings. The van der Waals surface area contributed by atoms with Crippen LogP contribution in [0.5, 0.6) is 0 Å². The molecule has 46 valence electrons. The maximum absolute atomic E-state index is 8.62. The summed E-state index contributed by atoms with van der Waals surface area (Å²) in [4.78, 5) is 0. The van der Waals surface area contributed by atoms with Crippen LogP contribution in [-0.2, 0) is 0 Å². The third-order valence-electron chi connectivity index (χ3n) is 1.64. The van der Waals surface area contributed by atoms with Crippen molar-refractivity contribution in [3.8, 4) is 0 Å². The predicted molar refractivity (Wildman–Crippen MR) is 33.6 cm³/mol. The standard InChI is InChI=1S/C7H12O/c1-6-2-3-7(4-6)5-8/h4,6,8H,2-3,5H2,1H3/t6-/m0/s1. The summed E-state index contributed by atoms with van der Waals surface area (Å²) in [6.45, 7) is 2.45. The molecule has 0 aromatic rings. The molecular weight excluding hydrogens is 100 g/mol. The molecule has 0 aliphatic heterocycles. The van der Waals surface area contributed by atoms with Crippen LogP contribution in [0.1, 0.15) is 19.8 Å². The predicted octanol–water partition coefficient (Wildman–Crippen LogP) is 1.33. The van der Waals surface area contributed by atoms with E-state index in [0.717, 1.165) is 6.42 Å². The molecule has 1 heteroatoms. The van der Waals surface area contributed by atoms with E-state index in [9.17, 15) is 0 Å². The van der Waals surface area contributed by atoms with Crippen molar-refractivity contribution < 1.29 is 5.11 Å². The van der Waals surface area contributed by atoms with E-state index >= 15 is 0 Å². The van der Waals surface area contributed by atoms with Crippen LogP contribution in [0, 0.1) is 5.92 Å². The Labute approximate surface area is 50.0 Å². The number of hydrogen-bond donors (Lipinski definition) is 1. The van der Waals surface area contributed by atoms with E-state index in [4.69, 9.17) is 5.11 Å². The Balaban J connectivity index is 2.44. The lowest BCUT2D eigenvalue weighted by molar-refractivity contribution is 0.328. The Morgan fingerprint density at radius 3 is 2.88 bits per heavy atom. The van der Waals surface area contributed by atoms with Crippen LogP contribution in [0.2, 0.25) is 0 Å². The van der Waals surface area contributed by atoms with Gasteiger partial charge >= 0.3 is 0 Å². The van der Waals surface area contributed by atoms with Crippen molar-refractivity contribution in [2.75, 3.05) is 6.61 Å². The average Bonchev–Trinajstić information content (AvgIpc) is 2.14. The first-order valence-electron chi connectivity index (χ1n) is 3.13. The topological polar surface area (TPSA) is 20.2 Å². The lowest BCUT2D eigenvalue weighted by Crippen LogP contribution is -1.82. The Kier molecular flexibility index (Phi) is 1.69. The summed E-state index contributed by atoms with van der Waals surface area (Å²) in [7, 11) is 0. The zero-order valence-corrected chi connectivity index (χ0v) is 5.22. The van der Waals surface area contributed by atoms with Gasteiger partial charge < -0.3 is 5.11 Å². The Bertz CT molecular complexity index is 105. The molecule has 0 unspecified atom stereocenters. The summed E-state index contributed by atoms with van der Waals surface area (Å²) in [6, 6.07) is 0. The Hall–Kier alpha value is -0.300. The van der Waals surface area contributed by atoms with E-state index in [1.807, 2.05) is 0 Å². The minimum atomic E-state index is 0.268. The fraction of sp³-hybridized carbons (Fsp3) is 0.714. The van der Waals surface area contributed by atoms with E-state index in [0.29, 0.717) is 5.92 Å². The number of allylic oxidation sites excluding steroid dienone is 1. The zero-order chi connectivity index (χ0) is 5.98. The zero-order valence-electron chi connectivity index (χ0n) is 5.22. The van der Waals surface area contributed by atoms with Crippen molar-refractivity contribution >= 4 is 0 Å². The Morgan fingerprint density at radius 2 is 2.62 bits per heavy atom. The van der Waals surface area contributed by atoms with Gasteiger partial charge in [-0.1, -0.05) is 13.0 Å². The number of rotatable bonds is 1. The van der Waals surface area contributed by atoms with Crippen LogP contribution in [0.3, 0.4) is 0 Å². The molecule has 8 heavy (non-hydrogen) atoms. The van der Waals surface area contributed by atoms with Crippen LogP contribution in [0.15, 0.2) is 11.6 Å². The number of aliphatic hydroxyl groups is 1. The molecule has 1 N–H and O–H groups in total. The number of aliphatic hydroxyl groups excluding tert-OH is 1. The summed E-state index contributed by atoms with van der Waals surface area (Å²) >= 11 is 0. The molecule has 0 radical (unpaired) electrons. The second-order valence-electron chi connectivity index (χ2n) is 2.50. The van der Waals surface area contributed by atoms with Crippen LogP contribution in [0.25, 0.3) is 0 Å². The van der Waals surface area contributed by atoms with E-state index in [1.54, 1.807) is 0 Å². The third-order valence-corrected chi connectivity index (χ3v) is 1.64. The molecular formula is C7H12O. The quantitative estimate of drug-likeness (QED) is 0.507. The van der Waals surface area contributed by atoms with Gasteiger partial charge in [0, 0.05) is 0 Å². The lowest BCUT2D eigenvalue weighted by Gasteiger charge is -1.89. The molecule has 1 aliphatic rings. The van der Waals surface area contributed by atoms with Gasteiger partial charge in [0.15, 0.2) is 0 Å². The van der Waals surface area contributed by atoms with Gasteiger partial charge in [-0.25, -0.2) is 0 Å². The molecule has 1 aliphatic carbocycles. The molecule has 0 spiro atoms. The van der Waals surface area contributed by atoms with Crippen molar-refractivity contribution in [3.05, 3.63) is 11.6 Å². The van der Waals surface area contributed by atoms with Crippen molar-refractivity contribution in [2.24, 2.45) is 5.92 Å². The highest BCUT2D eigenvalue weighted by atomic mass is 16.3. The molecule has 0 heterocycles. The molecule has 0 saturated carbocycles. The van der Waals surface area contributed by atoms with Crippen molar-refractivity contribution in [1.82, 2.24) is 0 Å². The molecule has 0 bridgehead atoms. The molecule has 0 aromatic carbocycles. The first kappa shape index (κ1) is 5.83. The van der Waals surface area contributed by atoms with Gasteiger partial charge in [0.25, 0.3) is 0 Å². The van der Waals surface area contributed by atoms with Gasteiger partial charge in [-0.15, -0.1) is 0 Å². The number of hydrogen-bond acceptors (Lipinski definition) is 1. The van der Waals surface area contributed by atoms with Crippen molar-refractivity contribution in [2.45, 2.75) is 19.8 Å². The molecule has 0 aromatic heterocycles. The van der Waals surface area contributed by atoms with Gasteiger partial charge in [0.1, 0.15) is 0 Å². The molecule has 1 atom stereocenters. The van der Waals surface area contributed by atoms with Crippen molar-refractivity contribution in [3.63, 3.8) is 0 Å². The SMILES string of the molecule is C[C@@H]1C=C(CO)CC1. The maximum Gasteiger partial charge on any atom is 0.0641 e. The molecule has 0 saturated heterocycles. The first-order chi connectivity index (χ1) is 3.83. The average molecular weight is 112 g/mol. The molecule has 0 amide bonds. The monoisotopic (exact) mass is 112 g/mol. The second kappa shape index (κ2) is 2.31. The second-order valence-corrected chi connectivity index (χ2v) is 2.50. The third kappa shape index (κ3) is 1.10. The van der Waals surface area contributed by atoms with E-state index in [-0.39, 0.29) is 6.61 Å².